The first-order valence-electron chi connectivity index (χ1n) is 6.99. The first kappa shape index (κ1) is 15.0. The summed E-state index contributed by atoms with van der Waals surface area (Å²) in [5.41, 5.74) is 6.27. The zero-order valence-corrected chi connectivity index (χ0v) is 12.0. The molecule has 3 rings (SSSR count). The lowest BCUT2D eigenvalue weighted by Crippen LogP contribution is -2.37. The molecule has 0 unspecified atom stereocenters. The predicted octanol–water partition coefficient (Wildman–Crippen LogP) is 1.72. The molecule has 2 aromatic rings. The Morgan fingerprint density at radius 3 is 2.87 bits per heavy atom. The number of halogens is 1. The molecule has 1 aromatic heterocycles. The number of nitrogen functional groups attached to an aromatic ring is 1. The number of aromatic nitrogens is 2. The Kier molecular flexibility index (Phi) is 3.95. The van der Waals surface area contributed by atoms with Gasteiger partial charge < -0.3 is 20.9 Å². The van der Waals surface area contributed by atoms with Gasteiger partial charge in [0.15, 0.2) is 11.6 Å². The number of hydrogen-bond donors (Lipinski definition) is 3. The Balaban J connectivity index is 1.75. The van der Waals surface area contributed by atoms with Crippen molar-refractivity contribution in [2.24, 2.45) is 0 Å². The Morgan fingerprint density at radius 1 is 1.43 bits per heavy atom. The first-order chi connectivity index (χ1) is 11.0. The van der Waals surface area contributed by atoms with Gasteiger partial charge in [0, 0.05) is 18.5 Å². The van der Waals surface area contributed by atoms with Gasteiger partial charge in [0.2, 0.25) is 5.95 Å². The molecule has 0 bridgehead atoms. The zero-order valence-electron chi connectivity index (χ0n) is 12.0. The summed E-state index contributed by atoms with van der Waals surface area (Å²) in [7, 11) is 0. The lowest BCUT2D eigenvalue weighted by atomic mass is 9.92. The van der Waals surface area contributed by atoms with Gasteiger partial charge in [0.25, 0.3) is 0 Å². The van der Waals surface area contributed by atoms with Crippen molar-refractivity contribution in [3.05, 3.63) is 35.8 Å². The highest BCUT2D eigenvalue weighted by Gasteiger charge is 2.29. The van der Waals surface area contributed by atoms with Crippen molar-refractivity contribution in [2.45, 2.75) is 25.0 Å². The Bertz CT molecular complexity index is 771. The minimum atomic E-state index is -0.695. The average molecular weight is 315 g/mol. The highest BCUT2D eigenvalue weighted by atomic mass is 19.1. The molecule has 1 aromatic carbocycles. The van der Waals surface area contributed by atoms with Crippen molar-refractivity contribution >= 4 is 17.5 Å². The second kappa shape index (κ2) is 6.06. The third kappa shape index (κ3) is 3.30. The molecular weight excluding hydrogens is 301 g/mol. The third-order valence-electron chi connectivity index (χ3n) is 3.49. The second-order valence-electron chi connectivity index (χ2n) is 5.24. The van der Waals surface area contributed by atoms with Crippen LogP contribution in [0.1, 0.15) is 18.4 Å². The Hall–Kier alpha value is -2.92. The van der Waals surface area contributed by atoms with E-state index in [-0.39, 0.29) is 24.0 Å². The number of rotatable bonds is 4. The second-order valence-corrected chi connectivity index (χ2v) is 5.24. The summed E-state index contributed by atoms with van der Waals surface area (Å²) in [5, 5.41) is 21.4. The van der Waals surface area contributed by atoms with E-state index in [0.717, 1.165) is 6.20 Å². The number of anilines is 3. The zero-order chi connectivity index (χ0) is 16.4. The number of hydrogen-bond acceptors (Lipinski definition) is 7. The van der Waals surface area contributed by atoms with Crippen LogP contribution >= 0.6 is 0 Å². The first-order valence-corrected chi connectivity index (χ1v) is 6.99. The molecule has 0 atom stereocenters. The van der Waals surface area contributed by atoms with Crippen molar-refractivity contribution < 1.29 is 14.2 Å². The fraction of sp³-hybridized carbons (Fsp3) is 0.267. The topological polar surface area (TPSA) is 117 Å². The van der Waals surface area contributed by atoms with Crippen LogP contribution in [0.5, 0.6) is 5.75 Å². The maximum Gasteiger partial charge on any atom is 0.229 e. The average Bonchev–Trinajstić information content (AvgIpc) is 2.50. The molecule has 0 saturated heterocycles. The summed E-state index contributed by atoms with van der Waals surface area (Å²) >= 11 is 0. The molecule has 1 saturated carbocycles. The van der Waals surface area contributed by atoms with Crippen LogP contribution in [0.4, 0.5) is 21.8 Å². The van der Waals surface area contributed by atoms with Gasteiger partial charge in [0.1, 0.15) is 17.9 Å². The van der Waals surface area contributed by atoms with E-state index in [9.17, 15) is 14.8 Å². The molecule has 0 spiro atoms. The molecule has 0 aliphatic heterocycles. The number of aliphatic hydroxyl groups is 1. The smallest absolute Gasteiger partial charge is 0.229 e. The van der Waals surface area contributed by atoms with Gasteiger partial charge in [0.05, 0.1) is 17.9 Å². The van der Waals surface area contributed by atoms with Crippen LogP contribution in [-0.2, 0) is 0 Å². The minimum Gasteiger partial charge on any atom is -0.489 e. The Labute approximate surface area is 131 Å². The number of nitrogens with two attached hydrogens (primary N) is 1. The van der Waals surface area contributed by atoms with E-state index in [1.807, 2.05) is 0 Å². The number of nitrogens with one attached hydrogen (secondary N) is 1. The van der Waals surface area contributed by atoms with Crippen LogP contribution < -0.4 is 15.8 Å². The van der Waals surface area contributed by atoms with E-state index in [1.54, 1.807) is 18.2 Å². The van der Waals surface area contributed by atoms with Crippen molar-refractivity contribution in [3.63, 3.8) is 0 Å². The summed E-state index contributed by atoms with van der Waals surface area (Å²) in [6, 6.07) is 6.97. The van der Waals surface area contributed by atoms with Crippen LogP contribution in [-0.4, -0.2) is 27.3 Å². The number of benzene rings is 1. The molecule has 118 valence electrons. The fourth-order valence-electron chi connectivity index (χ4n) is 2.18. The predicted molar refractivity (Wildman–Crippen MR) is 80.5 cm³/mol. The number of nitrogens with zero attached hydrogens (tertiary/aromatic N) is 3. The van der Waals surface area contributed by atoms with Gasteiger partial charge in [-0.05, 0) is 18.2 Å². The lowest BCUT2D eigenvalue weighted by molar-refractivity contribution is -0.0109. The summed E-state index contributed by atoms with van der Waals surface area (Å²) in [4.78, 5) is 7.54. The summed E-state index contributed by atoms with van der Waals surface area (Å²) in [6.45, 7) is 0. The van der Waals surface area contributed by atoms with E-state index < -0.39 is 5.82 Å². The molecular formula is C15H14FN5O2. The molecule has 1 aliphatic rings. The molecule has 1 fully saturated rings. The molecule has 7 nitrogen and oxygen atoms in total. The van der Waals surface area contributed by atoms with E-state index >= 15 is 0 Å². The molecule has 1 aliphatic carbocycles. The van der Waals surface area contributed by atoms with E-state index in [4.69, 9.17) is 10.5 Å². The summed E-state index contributed by atoms with van der Waals surface area (Å²) < 4.78 is 18.7. The molecule has 0 radical (unpaired) electrons. The van der Waals surface area contributed by atoms with Crippen LogP contribution in [0.3, 0.4) is 0 Å². The fourth-order valence-corrected chi connectivity index (χ4v) is 2.18. The van der Waals surface area contributed by atoms with Crippen molar-refractivity contribution in [1.29, 1.82) is 5.26 Å². The van der Waals surface area contributed by atoms with Gasteiger partial charge in [-0.1, -0.05) is 0 Å². The van der Waals surface area contributed by atoms with Crippen LogP contribution in [0.25, 0.3) is 0 Å². The molecule has 8 heteroatoms. The number of aliphatic hydroxyl groups excluding tert-OH is 1. The Morgan fingerprint density at radius 2 is 2.22 bits per heavy atom. The van der Waals surface area contributed by atoms with Crippen molar-refractivity contribution in [3.8, 4) is 11.8 Å². The van der Waals surface area contributed by atoms with Gasteiger partial charge in [-0.3, -0.25) is 0 Å². The van der Waals surface area contributed by atoms with Crippen LogP contribution in [0, 0.1) is 17.1 Å². The SMILES string of the molecule is N#Cc1cc(Nc2ncc(F)c(N)n2)ccc1OC1CC(O)C1. The van der Waals surface area contributed by atoms with Gasteiger partial charge >= 0.3 is 0 Å². The molecule has 4 N–H and O–H groups in total. The highest BCUT2D eigenvalue weighted by molar-refractivity contribution is 5.60. The monoisotopic (exact) mass is 315 g/mol. The third-order valence-corrected chi connectivity index (χ3v) is 3.49. The quantitative estimate of drug-likeness (QED) is 0.786. The maximum absolute atomic E-state index is 13.0. The van der Waals surface area contributed by atoms with Gasteiger partial charge in [-0.15, -0.1) is 0 Å². The van der Waals surface area contributed by atoms with E-state index in [1.165, 1.54) is 0 Å². The van der Waals surface area contributed by atoms with Crippen LogP contribution in [0.2, 0.25) is 0 Å². The van der Waals surface area contributed by atoms with Gasteiger partial charge in [-0.2, -0.15) is 10.2 Å². The largest absolute Gasteiger partial charge is 0.489 e. The summed E-state index contributed by atoms with van der Waals surface area (Å²) in [6.07, 6.45) is 1.69. The van der Waals surface area contributed by atoms with Crippen molar-refractivity contribution in [2.75, 3.05) is 11.1 Å². The summed E-state index contributed by atoms with van der Waals surface area (Å²) in [5.74, 6) is -0.371. The number of nitriles is 1. The lowest BCUT2D eigenvalue weighted by Gasteiger charge is -2.31. The maximum atomic E-state index is 13.0. The van der Waals surface area contributed by atoms with E-state index in [2.05, 4.69) is 21.4 Å². The van der Waals surface area contributed by atoms with Crippen LogP contribution in [0.15, 0.2) is 24.4 Å². The standard InChI is InChI=1S/C15H14FN5O2/c16-12-7-19-15(21-14(12)18)20-9-1-2-13(8(3-9)6-17)23-11-4-10(22)5-11/h1-3,7,10-11,22H,4-5H2,(H3,18,19,20,21). The normalized spacial score (nSPS) is 19.5. The van der Waals surface area contributed by atoms with E-state index in [0.29, 0.717) is 29.8 Å². The molecule has 0 amide bonds. The van der Waals surface area contributed by atoms with Gasteiger partial charge in [-0.25, -0.2) is 9.37 Å². The van der Waals surface area contributed by atoms with Crippen molar-refractivity contribution in [1.82, 2.24) is 9.97 Å². The number of ether oxygens (including phenoxy) is 1. The molecule has 1 heterocycles. The minimum absolute atomic E-state index is 0.0730. The highest BCUT2D eigenvalue weighted by Crippen LogP contribution is 2.30. The molecule has 23 heavy (non-hydrogen) atoms.